The Kier molecular flexibility index (Phi) is 9.17. The predicted molar refractivity (Wildman–Crippen MR) is 160 cm³/mol. The number of anilines is 2. The predicted octanol–water partition coefficient (Wildman–Crippen LogP) is 4.70. The van der Waals surface area contributed by atoms with E-state index in [9.17, 15) is 14.4 Å². The van der Waals surface area contributed by atoms with E-state index in [4.69, 9.17) is 14.2 Å². The molecule has 0 saturated carbocycles. The molecule has 41 heavy (non-hydrogen) atoms. The molecule has 0 fully saturated rings. The Balaban J connectivity index is 1.86. The Morgan fingerprint density at radius 3 is 2.39 bits per heavy atom. The highest BCUT2D eigenvalue weighted by molar-refractivity contribution is 7.13. The van der Waals surface area contributed by atoms with E-state index in [2.05, 4.69) is 20.9 Å². The van der Waals surface area contributed by atoms with Crippen LogP contribution in [0.3, 0.4) is 0 Å². The lowest BCUT2D eigenvalue weighted by atomic mass is 9.95. The van der Waals surface area contributed by atoms with Gasteiger partial charge in [-0.2, -0.15) is 0 Å². The van der Waals surface area contributed by atoms with Gasteiger partial charge in [0.05, 0.1) is 38.8 Å². The van der Waals surface area contributed by atoms with Crippen molar-refractivity contribution >= 4 is 34.0 Å². The zero-order valence-electron chi connectivity index (χ0n) is 24.3. The Morgan fingerprint density at radius 2 is 1.80 bits per heavy atom. The minimum atomic E-state index is -0.702. The maximum absolute atomic E-state index is 13.7. The van der Waals surface area contributed by atoms with Crippen molar-refractivity contribution in [2.24, 2.45) is 5.92 Å². The lowest BCUT2D eigenvalue weighted by Gasteiger charge is -2.21. The van der Waals surface area contributed by atoms with Gasteiger partial charge in [0.25, 0.3) is 0 Å². The van der Waals surface area contributed by atoms with Gasteiger partial charge >= 0.3 is 0 Å². The smallest absolute Gasteiger partial charge is 0.248 e. The number of thiazole rings is 1. The number of nitrogens with one attached hydrogen (secondary N) is 3. The monoisotopic (exact) mass is 580 g/mol. The number of aryl methyl sites for hydroxylation is 2. The molecule has 0 spiro atoms. The quantitative estimate of drug-likeness (QED) is 0.332. The van der Waals surface area contributed by atoms with Gasteiger partial charge in [0.2, 0.25) is 23.0 Å². The topological polar surface area (TPSA) is 128 Å². The highest BCUT2D eigenvalue weighted by Crippen LogP contribution is 2.50. The van der Waals surface area contributed by atoms with Gasteiger partial charge in [0.1, 0.15) is 6.04 Å². The molecule has 0 aliphatic heterocycles. The Bertz CT molecular complexity index is 1520. The summed E-state index contributed by atoms with van der Waals surface area (Å²) < 4.78 is 17.1. The van der Waals surface area contributed by atoms with Crippen LogP contribution in [0.25, 0.3) is 11.1 Å². The normalized spacial score (nSPS) is 14.7. The molecule has 0 saturated heterocycles. The van der Waals surface area contributed by atoms with Crippen LogP contribution in [0.5, 0.6) is 17.2 Å². The molecule has 3 N–H and O–H groups in total. The molecule has 11 heteroatoms. The van der Waals surface area contributed by atoms with Crippen molar-refractivity contribution in [3.63, 3.8) is 0 Å². The molecular formula is C30H36N4O6S. The molecule has 3 aromatic rings. The van der Waals surface area contributed by atoms with Crippen LogP contribution >= 0.6 is 11.3 Å². The number of hydrogen-bond acceptors (Lipinski definition) is 9. The number of benzene rings is 1. The fourth-order valence-corrected chi connectivity index (χ4v) is 5.82. The second-order valence-electron chi connectivity index (χ2n) is 10.2. The number of carbonyl (C=O) groups is 2. The number of aromatic nitrogens is 1. The van der Waals surface area contributed by atoms with E-state index in [1.807, 2.05) is 38.3 Å². The molecule has 1 heterocycles. The summed E-state index contributed by atoms with van der Waals surface area (Å²) in [5.74, 6) is 0.790. The Morgan fingerprint density at radius 1 is 1.07 bits per heavy atom. The summed E-state index contributed by atoms with van der Waals surface area (Å²) in [6, 6.07) is 5.80. The number of methoxy groups -OCH3 is 3. The first-order chi connectivity index (χ1) is 19.6. The third kappa shape index (κ3) is 6.30. The SMILES string of the molecule is COc1cc2c(c(OC)c1OC)-c1ccc(N[C@@H](C(=O)Nc3nc(C)cs3)C(C)C)c(=O)cc1[C@@H](NC(C)=O)CC2. The molecule has 2 aromatic carbocycles. The maximum atomic E-state index is 13.7. The van der Waals surface area contributed by atoms with Crippen LogP contribution in [-0.4, -0.2) is 44.2 Å². The summed E-state index contributed by atoms with van der Waals surface area (Å²) >= 11 is 1.34. The highest BCUT2D eigenvalue weighted by atomic mass is 32.1. The van der Waals surface area contributed by atoms with Crippen molar-refractivity contribution in [2.45, 2.75) is 52.6 Å². The van der Waals surface area contributed by atoms with Crippen LogP contribution in [0.4, 0.5) is 10.8 Å². The van der Waals surface area contributed by atoms with E-state index in [0.29, 0.717) is 46.3 Å². The fraction of sp³-hybridized carbons (Fsp3) is 0.400. The molecule has 1 aliphatic carbocycles. The van der Waals surface area contributed by atoms with Crippen molar-refractivity contribution in [3.8, 4) is 28.4 Å². The van der Waals surface area contributed by atoms with Crippen molar-refractivity contribution in [1.82, 2.24) is 10.3 Å². The van der Waals surface area contributed by atoms with E-state index in [1.165, 1.54) is 31.4 Å². The molecule has 2 amide bonds. The van der Waals surface area contributed by atoms with Crippen LogP contribution < -0.4 is 35.6 Å². The molecule has 1 aromatic heterocycles. The van der Waals surface area contributed by atoms with Crippen molar-refractivity contribution in [3.05, 3.63) is 56.7 Å². The third-order valence-electron chi connectivity index (χ3n) is 7.03. The van der Waals surface area contributed by atoms with Crippen LogP contribution in [-0.2, 0) is 16.0 Å². The lowest BCUT2D eigenvalue weighted by molar-refractivity contribution is -0.120. The first-order valence-corrected chi connectivity index (χ1v) is 14.2. The summed E-state index contributed by atoms with van der Waals surface area (Å²) in [5.41, 5.74) is 3.80. The molecule has 0 unspecified atom stereocenters. The van der Waals surface area contributed by atoms with Gasteiger partial charge in [-0.3, -0.25) is 14.4 Å². The van der Waals surface area contributed by atoms with Gasteiger partial charge in [0, 0.05) is 17.9 Å². The van der Waals surface area contributed by atoms with Crippen LogP contribution in [0, 0.1) is 12.8 Å². The van der Waals surface area contributed by atoms with Crippen LogP contribution in [0.1, 0.15) is 50.1 Å². The molecule has 4 rings (SSSR count). The average Bonchev–Trinajstić information content (AvgIpc) is 3.19. The molecule has 10 nitrogen and oxygen atoms in total. The average molecular weight is 581 g/mol. The highest BCUT2D eigenvalue weighted by Gasteiger charge is 2.30. The second kappa shape index (κ2) is 12.6. The third-order valence-corrected chi connectivity index (χ3v) is 7.90. The zero-order chi connectivity index (χ0) is 29.8. The summed E-state index contributed by atoms with van der Waals surface area (Å²) in [5, 5.41) is 11.4. The van der Waals surface area contributed by atoms with Gasteiger partial charge in [0.15, 0.2) is 16.6 Å². The molecule has 0 radical (unpaired) electrons. The molecule has 1 aliphatic rings. The Labute approximate surface area is 243 Å². The number of rotatable bonds is 9. The van der Waals surface area contributed by atoms with Gasteiger partial charge in [-0.05, 0) is 60.6 Å². The molecule has 218 valence electrons. The molecular weight excluding hydrogens is 544 g/mol. The first-order valence-electron chi connectivity index (χ1n) is 13.3. The molecule has 0 bridgehead atoms. The van der Waals surface area contributed by atoms with E-state index in [1.54, 1.807) is 20.3 Å². The number of amides is 2. The van der Waals surface area contributed by atoms with Crippen molar-refractivity contribution < 1.29 is 23.8 Å². The first kappa shape index (κ1) is 29.9. The van der Waals surface area contributed by atoms with Gasteiger partial charge in [-0.1, -0.05) is 19.9 Å². The van der Waals surface area contributed by atoms with Gasteiger partial charge < -0.3 is 30.2 Å². The number of hydrogen-bond donors (Lipinski definition) is 3. The second-order valence-corrected chi connectivity index (χ2v) is 11.1. The number of carbonyl (C=O) groups excluding carboxylic acids is 2. The van der Waals surface area contributed by atoms with Crippen LogP contribution in [0.2, 0.25) is 0 Å². The summed E-state index contributed by atoms with van der Waals surface area (Å²) in [6.45, 7) is 7.12. The van der Waals surface area contributed by atoms with E-state index in [0.717, 1.165) is 16.8 Å². The number of nitrogens with zero attached hydrogens (tertiary/aromatic N) is 1. The lowest BCUT2D eigenvalue weighted by Crippen LogP contribution is -2.39. The molecule has 2 atom stereocenters. The fourth-order valence-electron chi connectivity index (χ4n) is 5.12. The van der Waals surface area contributed by atoms with E-state index in [-0.39, 0.29) is 28.8 Å². The maximum Gasteiger partial charge on any atom is 0.248 e. The van der Waals surface area contributed by atoms with Gasteiger partial charge in [-0.25, -0.2) is 4.98 Å². The van der Waals surface area contributed by atoms with Crippen molar-refractivity contribution in [2.75, 3.05) is 32.0 Å². The van der Waals surface area contributed by atoms with Crippen molar-refractivity contribution in [1.29, 1.82) is 0 Å². The summed E-state index contributed by atoms with van der Waals surface area (Å²) in [4.78, 5) is 43.4. The largest absolute Gasteiger partial charge is 0.493 e. The minimum absolute atomic E-state index is 0.136. The minimum Gasteiger partial charge on any atom is -0.493 e. The number of ether oxygens (including phenoxy) is 3. The van der Waals surface area contributed by atoms with Crippen LogP contribution in [0.15, 0.2) is 34.4 Å². The van der Waals surface area contributed by atoms with E-state index < -0.39 is 12.1 Å². The van der Waals surface area contributed by atoms with E-state index >= 15 is 0 Å². The van der Waals surface area contributed by atoms with Gasteiger partial charge in [-0.15, -0.1) is 11.3 Å². The standard InChI is InChI=1S/C30H36N4O6S/c1-15(2)26(29(37)34-30-31-16(3)14-41-30)33-22-11-9-19-20(13-23(22)36)21(32-17(4)35)10-8-18-12-24(38-5)27(39-6)28(40-7)25(18)19/h9,11-15,21,26H,8,10H2,1-7H3,(H,32,35)(H,33,36)(H,31,34,37)/t21-,26+/m0/s1. The summed E-state index contributed by atoms with van der Waals surface area (Å²) in [6.07, 6.45) is 1.15. The zero-order valence-corrected chi connectivity index (χ0v) is 25.2. The Hall–Kier alpha value is -4.12. The number of fused-ring (bicyclic) bond motifs is 3. The summed E-state index contributed by atoms with van der Waals surface area (Å²) in [7, 11) is 4.66.